The molecule has 0 fully saturated rings. The molecule has 0 bridgehead atoms. The third-order valence-electron chi connectivity index (χ3n) is 3.16. The van der Waals surface area contributed by atoms with Crippen LogP contribution in [-0.4, -0.2) is 6.29 Å². The van der Waals surface area contributed by atoms with Crippen LogP contribution < -0.4 is 14.4 Å². The van der Waals surface area contributed by atoms with E-state index in [2.05, 4.69) is 0 Å². The molecule has 4 nitrogen and oxygen atoms in total. The Morgan fingerprint density at radius 1 is 0.737 bits per heavy atom. The smallest absolute Gasteiger partial charge is 0.278 e. The van der Waals surface area contributed by atoms with Gasteiger partial charge in [0.2, 0.25) is 6.10 Å². The number of para-hydroxylation sites is 3. The number of hydrogen-bond acceptors (Lipinski definition) is 4. The molecular formula is C15H11O4. The van der Waals surface area contributed by atoms with E-state index in [0.29, 0.717) is 12.5 Å². The fourth-order valence-corrected chi connectivity index (χ4v) is 2.20. The zero-order chi connectivity index (χ0) is 12.7. The van der Waals surface area contributed by atoms with E-state index in [1.54, 1.807) is 0 Å². The van der Waals surface area contributed by atoms with Gasteiger partial charge in [-0.2, -0.15) is 4.89 Å². The molecule has 2 aliphatic heterocycles. The van der Waals surface area contributed by atoms with E-state index < -0.39 is 6.29 Å². The van der Waals surface area contributed by atoms with E-state index in [4.69, 9.17) is 19.2 Å². The lowest BCUT2D eigenvalue weighted by molar-refractivity contribution is -0.238. The fraction of sp³-hybridized carbons (Fsp3) is 0.133. The van der Waals surface area contributed by atoms with Gasteiger partial charge in [-0.05, 0) is 18.2 Å². The van der Waals surface area contributed by atoms with Crippen molar-refractivity contribution in [1.82, 2.24) is 0 Å². The largest absolute Gasteiger partial charge is 0.448 e. The Kier molecular flexibility index (Phi) is 2.35. The highest BCUT2D eigenvalue weighted by Crippen LogP contribution is 2.39. The van der Waals surface area contributed by atoms with Crippen LogP contribution in [0.4, 0.5) is 0 Å². The Morgan fingerprint density at radius 3 is 2.11 bits per heavy atom. The van der Waals surface area contributed by atoms with Gasteiger partial charge >= 0.3 is 0 Å². The summed E-state index contributed by atoms with van der Waals surface area (Å²) in [5.74, 6) is 2.19. The van der Waals surface area contributed by atoms with Crippen LogP contribution in [-0.2, 0) is 11.3 Å². The average Bonchev–Trinajstić information content (AvgIpc) is 2.90. The lowest BCUT2D eigenvalue weighted by atomic mass is 10.1. The van der Waals surface area contributed by atoms with Crippen LogP contribution >= 0.6 is 0 Å². The molecule has 1 radical (unpaired) electrons. The molecule has 0 saturated heterocycles. The average molecular weight is 255 g/mol. The van der Waals surface area contributed by atoms with Gasteiger partial charge in [-0.15, -0.1) is 0 Å². The van der Waals surface area contributed by atoms with Crippen LogP contribution in [0.25, 0.3) is 0 Å². The predicted molar refractivity (Wildman–Crippen MR) is 66.6 cm³/mol. The van der Waals surface area contributed by atoms with Gasteiger partial charge in [0.1, 0.15) is 0 Å². The lowest BCUT2D eigenvalue weighted by Crippen LogP contribution is -2.33. The quantitative estimate of drug-likeness (QED) is 0.734. The Labute approximate surface area is 110 Å². The van der Waals surface area contributed by atoms with Crippen LogP contribution in [0.15, 0.2) is 48.5 Å². The molecule has 0 spiro atoms. The predicted octanol–water partition coefficient (Wildman–Crippen LogP) is 2.88. The van der Waals surface area contributed by atoms with E-state index in [-0.39, 0.29) is 0 Å². The standard InChI is InChI=1S/C15H11O4/c1-2-6-11-10(5-1)9-14(19-18-11)15-16-12-7-3-4-8-13(12)17-15/h1-8,15H,9H2. The Morgan fingerprint density at radius 2 is 1.37 bits per heavy atom. The second-order valence-electron chi connectivity index (χ2n) is 4.43. The summed E-state index contributed by atoms with van der Waals surface area (Å²) in [6, 6.07) is 15.3. The van der Waals surface area contributed by atoms with Crippen molar-refractivity contribution in [3.05, 3.63) is 60.2 Å². The number of ether oxygens (including phenoxy) is 2. The van der Waals surface area contributed by atoms with Gasteiger partial charge in [-0.1, -0.05) is 30.3 Å². The summed E-state index contributed by atoms with van der Waals surface area (Å²) < 4.78 is 11.4. The molecule has 0 N–H and O–H groups in total. The van der Waals surface area contributed by atoms with Crippen molar-refractivity contribution in [2.75, 3.05) is 0 Å². The molecule has 0 unspecified atom stereocenters. The molecule has 19 heavy (non-hydrogen) atoms. The number of rotatable bonds is 1. The second-order valence-corrected chi connectivity index (χ2v) is 4.43. The molecule has 2 aromatic rings. The Hall–Kier alpha value is -2.20. The summed E-state index contributed by atoms with van der Waals surface area (Å²) in [7, 11) is 0. The first kappa shape index (κ1) is 10.7. The third-order valence-corrected chi connectivity index (χ3v) is 3.16. The molecule has 0 amide bonds. The summed E-state index contributed by atoms with van der Waals surface area (Å²) in [4.78, 5) is 10.5. The van der Waals surface area contributed by atoms with Crippen molar-refractivity contribution in [2.45, 2.75) is 12.7 Å². The van der Waals surface area contributed by atoms with Crippen molar-refractivity contribution in [3.8, 4) is 17.2 Å². The molecule has 4 rings (SSSR count). The molecule has 0 aromatic heterocycles. The molecule has 2 aliphatic rings. The highest BCUT2D eigenvalue weighted by molar-refractivity contribution is 5.43. The maximum Gasteiger partial charge on any atom is 0.278 e. The summed E-state index contributed by atoms with van der Waals surface area (Å²) in [5.41, 5.74) is 1.06. The van der Waals surface area contributed by atoms with Crippen molar-refractivity contribution >= 4 is 0 Å². The molecule has 0 atom stereocenters. The van der Waals surface area contributed by atoms with Gasteiger partial charge in [0.05, 0.1) is 0 Å². The number of fused-ring (bicyclic) bond motifs is 2. The summed E-state index contributed by atoms with van der Waals surface area (Å²) in [6.07, 6.45) is 0.690. The van der Waals surface area contributed by atoms with Crippen molar-refractivity contribution < 1.29 is 19.2 Å². The zero-order valence-electron chi connectivity index (χ0n) is 10.0. The van der Waals surface area contributed by atoms with Crippen LogP contribution in [0.3, 0.4) is 0 Å². The van der Waals surface area contributed by atoms with Crippen LogP contribution in [0.5, 0.6) is 17.2 Å². The highest BCUT2D eigenvalue weighted by atomic mass is 17.2. The van der Waals surface area contributed by atoms with E-state index in [1.165, 1.54) is 0 Å². The SMILES string of the molecule is c1ccc2c(c1)C[C](C1Oc3ccccc3O1)OO2. The van der Waals surface area contributed by atoms with Gasteiger partial charge in [0.15, 0.2) is 17.2 Å². The van der Waals surface area contributed by atoms with Crippen molar-refractivity contribution in [1.29, 1.82) is 0 Å². The lowest BCUT2D eigenvalue weighted by Gasteiger charge is -2.25. The van der Waals surface area contributed by atoms with Crippen molar-refractivity contribution in [3.63, 3.8) is 0 Å². The van der Waals surface area contributed by atoms with Gasteiger partial charge in [0, 0.05) is 12.0 Å². The van der Waals surface area contributed by atoms with E-state index in [1.807, 2.05) is 48.5 Å². The van der Waals surface area contributed by atoms with Gasteiger partial charge in [-0.25, -0.2) is 0 Å². The van der Waals surface area contributed by atoms with Crippen LogP contribution in [0.1, 0.15) is 5.56 Å². The van der Waals surface area contributed by atoms with Crippen LogP contribution in [0.2, 0.25) is 0 Å². The monoisotopic (exact) mass is 255 g/mol. The first-order chi connectivity index (χ1) is 9.40. The molecule has 2 heterocycles. The highest BCUT2D eigenvalue weighted by Gasteiger charge is 2.38. The topological polar surface area (TPSA) is 36.9 Å². The van der Waals surface area contributed by atoms with E-state index in [9.17, 15) is 0 Å². The zero-order valence-corrected chi connectivity index (χ0v) is 10.0. The van der Waals surface area contributed by atoms with Gasteiger partial charge in [-0.3, -0.25) is 0 Å². The molecule has 0 aliphatic carbocycles. The summed E-state index contributed by atoms with van der Waals surface area (Å²) >= 11 is 0. The Balaban J connectivity index is 1.54. The molecule has 95 valence electrons. The molecule has 0 saturated carbocycles. The maximum atomic E-state index is 5.70. The Bertz CT molecular complexity index is 586. The molecule has 2 aromatic carbocycles. The normalized spacial score (nSPS) is 17.9. The third kappa shape index (κ3) is 1.81. The summed E-state index contributed by atoms with van der Waals surface area (Å²) in [6.45, 7) is 0. The summed E-state index contributed by atoms with van der Waals surface area (Å²) in [5, 5.41) is 0. The minimum atomic E-state index is -0.550. The van der Waals surface area contributed by atoms with Crippen LogP contribution in [0, 0.1) is 6.10 Å². The second kappa shape index (κ2) is 4.17. The number of hydrogen-bond donors (Lipinski definition) is 0. The molecular weight excluding hydrogens is 244 g/mol. The minimum Gasteiger partial charge on any atom is -0.448 e. The van der Waals surface area contributed by atoms with Crippen molar-refractivity contribution in [2.24, 2.45) is 0 Å². The van der Waals surface area contributed by atoms with Gasteiger partial charge < -0.3 is 14.4 Å². The first-order valence-electron chi connectivity index (χ1n) is 6.11. The van der Waals surface area contributed by atoms with Gasteiger partial charge in [0.25, 0.3) is 6.29 Å². The number of benzene rings is 2. The van der Waals surface area contributed by atoms with E-state index in [0.717, 1.165) is 22.8 Å². The first-order valence-corrected chi connectivity index (χ1v) is 6.11. The fourth-order valence-electron chi connectivity index (χ4n) is 2.20. The molecule has 4 heteroatoms. The minimum absolute atomic E-state index is 0.550. The maximum absolute atomic E-state index is 5.70. The van der Waals surface area contributed by atoms with E-state index >= 15 is 0 Å².